The predicted octanol–water partition coefficient (Wildman–Crippen LogP) is 1.75. The van der Waals surface area contributed by atoms with Crippen LogP contribution in [0.25, 0.3) is 0 Å². The molecule has 0 saturated carbocycles. The number of hydrogen-bond donors (Lipinski definition) is 2. The Balaban J connectivity index is 2.87. The van der Waals surface area contributed by atoms with Crippen LogP contribution in [0.2, 0.25) is 0 Å². The number of nitrogens with zero attached hydrogens (tertiary/aromatic N) is 1. The van der Waals surface area contributed by atoms with Crippen LogP contribution in [-0.4, -0.2) is 43.6 Å². The van der Waals surface area contributed by atoms with Gasteiger partial charge in [0.05, 0.1) is 11.0 Å². The summed E-state index contributed by atoms with van der Waals surface area (Å²) in [7, 11) is -3.40. The number of aliphatic hydroxyl groups excluding tert-OH is 1. The van der Waals surface area contributed by atoms with Gasteiger partial charge in [0, 0.05) is 25.7 Å². The Kier molecular flexibility index (Phi) is 6.80. The van der Waals surface area contributed by atoms with Crippen molar-refractivity contribution in [2.75, 3.05) is 19.6 Å². The van der Waals surface area contributed by atoms with Crippen molar-refractivity contribution >= 4 is 10.0 Å². The van der Waals surface area contributed by atoms with Crippen LogP contribution in [0, 0.1) is 0 Å². The van der Waals surface area contributed by atoms with Crippen molar-refractivity contribution in [3.05, 3.63) is 29.8 Å². The van der Waals surface area contributed by atoms with Gasteiger partial charge < -0.3 is 10.4 Å². The summed E-state index contributed by atoms with van der Waals surface area (Å²) in [5, 5.41) is 12.5. The molecule has 0 aliphatic heterocycles. The van der Waals surface area contributed by atoms with Crippen molar-refractivity contribution < 1.29 is 13.5 Å². The van der Waals surface area contributed by atoms with Crippen LogP contribution in [0.4, 0.5) is 0 Å². The van der Waals surface area contributed by atoms with E-state index < -0.39 is 16.1 Å². The Morgan fingerprint density at radius 1 is 1.14 bits per heavy atom. The number of rotatable bonds is 8. The minimum Gasteiger partial charge on any atom is -0.392 e. The van der Waals surface area contributed by atoms with Crippen LogP contribution < -0.4 is 5.32 Å². The quantitative estimate of drug-likeness (QED) is 0.767. The van der Waals surface area contributed by atoms with Gasteiger partial charge in [-0.1, -0.05) is 26.0 Å². The first-order valence-electron chi connectivity index (χ1n) is 7.34. The third-order valence-corrected chi connectivity index (χ3v) is 5.51. The molecule has 0 aliphatic carbocycles. The van der Waals surface area contributed by atoms with Crippen LogP contribution in [0.5, 0.6) is 0 Å². The second kappa shape index (κ2) is 7.89. The molecule has 2 unspecified atom stereocenters. The molecule has 6 heteroatoms. The third kappa shape index (κ3) is 4.78. The van der Waals surface area contributed by atoms with Gasteiger partial charge in [-0.05, 0) is 31.5 Å². The lowest BCUT2D eigenvalue weighted by molar-refractivity contribution is 0.187. The van der Waals surface area contributed by atoms with E-state index >= 15 is 0 Å². The molecule has 1 rings (SSSR count). The summed E-state index contributed by atoms with van der Waals surface area (Å²) in [5.41, 5.74) is 0.995. The topological polar surface area (TPSA) is 69.6 Å². The van der Waals surface area contributed by atoms with Gasteiger partial charge in [0.25, 0.3) is 0 Å². The maximum absolute atomic E-state index is 12.4. The fraction of sp³-hybridized carbons (Fsp3) is 0.600. The molecule has 0 amide bonds. The van der Waals surface area contributed by atoms with Gasteiger partial charge in [-0.15, -0.1) is 0 Å². The first kappa shape index (κ1) is 18.1. The number of aliphatic hydroxyl groups is 1. The van der Waals surface area contributed by atoms with Crippen LogP contribution in [0.1, 0.15) is 39.3 Å². The van der Waals surface area contributed by atoms with Gasteiger partial charge in [0.1, 0.15) is 0 Å². The first-order chi connectivity index (χ1) is 9.82. The van der Waals surface area contributed by atoms with Crippen molar-refractivity contribution in [3.8, 4) is 0 Å². The Morgan fingerprint density at radius 3 is 2.10 bits per heavy atom. The molecule has 21 heavy (non-hydrogen) atoms. The molecule has 1 aromatic rings. The molecule has 0 radical (unpaired) electrons. The monoisotopic (exact) mass is 314 g/mol. The van der Waals surface area contributed by atoms with Crippen LogP contribution in [0.15, 0.2) is 29.2 Å². The van der Waals surface area contributed by atoms with Crippen molar-refractivity contribution in [1.82, 2.24) is 9.62 Å². The highest BCUT2D eigenvalue weighted by atomic mass is 32.2. The van der Waals surface area contributed by atoms with Crippen molar-refractivity contribution in [3.63, 3.8) is 0 Å². The second-order valence-corrected chi connectivity index (χ2v) is 7.08. The molecule has 0 bridgehead atoms. The largest absolute Gasteiger partial charge is 0.392 e. The minimum absolute atomic E-state index is 0.0600. The lowest BCUT2D eigenvalue weighted by atomic mass is 10.1. The lowest BCUT2D eigenvalue weighted by Crippen LogP contribution is -2.30. The van der Waals surface area contributed by atoms with Gasteiger partial charge in [-0.25, -0.2) is 8.42 Å². The number of nitrogens with one attached hydrogen (secondary N) is 1. The Morgan fingerprint density at radius 2 is 1.67 bits per heavy atom. The summed E-state index contributed by atoms with van der Waals surface area (Å²) in [5.74, 6) is 0. The Hall–Kier alpha value is -0.950. The van der Waals surface area contributed by atoms with E-state index in [1.165, 1.54) is 4.31 Å². The molecular formula is C15H26N2O3S. The van der Waals surface area contributed by atoms with Gasteiger partial charge in [0.2, 0.25) is 10.0 Å². The highest BCUT2D eigenvalue weighted by Crippen LogP contribution is 2.19. The van der Waals surface area contributed by atoms with E-state index in [0.29, 0.717) is 24.5 Å². The zero-order chi connectivity index (χ0) is 16.0. The number of benzene rings is 1. The molecule has 120 valence electrons. The van der Waals surface area contributed by atoms with E-state index in [1.54, 1.807) is 19.1 Å². The first-order valence-corrected chi connectivity index (χ1v) is 8.78. The molecule has 5 nitrogen and oxygen atoms in total. The third-order valence-electron chi connectivity index (χ3n) is 3.44. The maximum atomic E-state index is 12.4. The van der Waals surface area contributed by atoms with E-state index in [9.17, 15) is 13.5 Å². The maximum Gasteiger partial charge on any atom is 0.243 e. The van der Waals surface area contributed by atoms with Crippen molar-refractivity contribution in [1.29, 1.82) is 0 Å². The molecule has 2 atom stereocenters. The summed E-state index contributed by atoms with van der Waals surface area (Å²) < 4.78 is 26.2. The van der Waals surface area contributed by atoms with E-state index in [2.05, 4.69) is 5.32 Å². The fourth-order valence-electron chi connectivity index (χ4n) is 2.11. The molecule has 0 aromatic heterocycles. The SMILES string of the molecule is CCN(CC)S(=O)(=O)c1ccc(C(C)NCC(C)O)cc1. The van der Waals surface area contributed by atoms with Gasteiger partial charge in [-0.2, -0.15) is 4.31 Å². The number of sulfonamides is 1. The van der Waals surface area contributed by atoms with Gasteiger partial charge >= 0.3 is 0 Å². The Bertz CT molecular complexity index is 522. The molecule has 0 fully saturated rings. The van der Waals surface area contributed by atoms with Crippen LogP contribution in [0.3, 0.4) is 0 Å². The second-order valence-electron chi connectivity index (χ2n) is 5.14. The fourth-order valence-corrected chi connectivity index (χ4v) is 3.56. The molecule has 0 spiro atoms. The summed E-state index contributed by atoms with van der Waals surface area (Å²) >= 11 is 0. The normalized spacial score (nSPS) is 15.1. The van der Waals surface area contributed by atoms with Gasteiger partial charge in [-0.3, -0.25) is 0 Å². The lowest BCUT2D eigenvalue weighted by Gasteiger charge is -2.19. The van der Waals surface area contributed by atoms with E-state index in [1.807, 2.05) is 32.9 Å². The summed E-state index contributed by atoms with van der Waals surface area (Å²) in [4.78, 5) is 0.317. The minimum atomic E-state index is -3.40. The van der Waals surface area contributed by atoms with Crippen LogP contribution >= 0.6 is 0 Å². The number of hydrogen-bond acceptors (Lipinski definition) is 4. The van der Waals surface area contributed by atoms with Gasteiger partial charge in [0.15, 0.2) is 0 Å². The van der Waals surface area contributed by atoms with Crippen molar-refractivity contribution in [2.24, 2.45) is 0 Å². The van der Waals surface area contributed by atoms with E-state index in [4.69, 9.17) is 0 Å². The summed E-state index contributed by atoms with van der Waals surface area (Å²) in [6.07, 6.45) is -0.408. The molecule has 2 N–H and O–H groups in total. The van der Waals surface area contributed by atoms with E-state index in [-0.39, 0.29) is 6.04 Å². The molecule has 0 heterocycles. The average molecular weight is 314 g/mol. The standard InChI is InChI=1S/C15H26N2O3S/c1-5-17(6-2)21(19,20)15-9-7-14(8-10-15)13(4)16-11-12(3)18/h7-10,12-13,16,18H,5-6,11H2,1-4H3. The highest BCUT2D eigenvalue weighted by Gasteiger charge is 2.21. The molecule has 1 aromatic carbocycles. The summed E-state index contributed by atoms with van der Waals surface area (Å²) in [6, 6.07) is 6.98. The zero-order valence-corrected chi connectivity index (χ0v) is 14.0. The summed E-state index contributed by atoms with van der Waals surface area (Å²) in [6.45, 7) is 8.80. The Labute approximate surface area is 128 Å². The van der Waals surface area contributed by atoms with E-state index in [0.717, 1.165) is 5.56 Å². The molecule has 0 aliphatic rings. The van der Waals surface area contributed by atoms with Crippen LogP contribution in [-0.2, 0) is 10.0 Å². The average Bonchev–Trinajstić information content (AvgIpc) is 2.45. The smallest absolute Gasteiger partial charge is 0.243 e. The molecular weight excluding hydrogens is 288 g/mol. The van der Waals surface area contributed by atoms with Crippen molar-refractivity contribution in [2.45, 2.75) is 44.7 Å². The zero-order valence-electron chi connectivity index (χ0n) is 13.2. The molecule has 0 saturated heterocycles. The predicted molar refractivity (Wildman–Crippen MR) is 84.6 cm³/mol. The highest BCUT2D eigenvalue weighted by molar-refractivity contribution is 7.89.